The predicted molar refractivity (Wildman–Crippen MR) is 59.7 cm³/mol. The lowest BCUT2D eigenvalue weighted by molar-refractivity contribution is -0.138. The van der Waals surface area contributed by atoms with Crippen LogP contribution in [0, 0.1) is 5.41 Å². The van der Waals surface area contributed by atoms with E-state index >= 15 is 0 Å². The van der Waals surface area contributed by atoms with Crippen LogP contribution in [0.3, 0.4) is 0 Å². The molecule has 1 fully saturated rings. The molecule has 0 spiro atoms. The molecule has 2 amide bonds. The Kier molecular flexibility index (Phi) is 3.83. The molecule has 0 unspecified atom stereocenters. The van der Waals surface area contributed by atoms with Gasteiger partial charge in [0.1, 0.15) is 5.78 Å². The number of Topliss-reactive ketones (excluding diaryl/α,β-unsaturated/α-hetero) is 1. The third-order valence-electron chi connectivity index (χ3n) is 2.50. The first-order valence-electron chi connectivity index (χ1n) is 5.64. The fourth-order valence-corrected chi connectivity index (χ4v) is 1.79. The molecule has 0 saturated carbocycles. The number of carbonyl (C=O) groups excluding carboxylic acids is 3. The van der Waals surface area contributed by atoms with Crippen LogP contribution < -0.4 is 0 Å². The van der Waals surface area contributed by atoms with Gasteiger partial charge in [0.15, 0.2) is 0 Å². The van der Waals surface area contributed by atoms with Crippen molar-refractivity contribution in [1.29, 1.82) is 0 Å². The molecular weight excluding hydrogens is 206 g/mol. The van der Waals surface area contributed by atoms with Crippen LogP contribution in [-0.2, 0) is 14.4 Å². The zero-order valence-corrected chi connectivity index (χ0v) is 10.2. The number of ketones is 1. The Morgan fingerprint density at radius 3 is 2.12 bits per heavy atom. The van der Waals surface area contributed by atoms with Gasteiger partial charge < -0.3 is 0 Å². The van der Waals surface area contributed by atoms with Crippen LogP contribution in [0.4, 0.5) is 0 Å². The predicted octanol–water partition coefficient (Wildman–Crippen LogP) is 1.53. The average Bonchev–Trinajstić information content (AvgIpc) is 2.41. The van der Waals surface area contributed by atoms with Crippen molar-refractivity contribution in [3.63, 3.8) is 0 Å². The largest absolute Gasteiger partial charge is 0.300 e. The summed E-state index contributed by atoms with van der Waals surface area (Å²) in [6.45, 7) is 6.25. The van der Waals surface area contributed by atoms with Crippen molar-refractivity contribution in [2.24, 2.45) is 5.41 Å². The zero-order valence-electron chi connectivity index (χ0n) is 10.2. The van der Waals surface area contributed by atoms with Gasteiger partial charge in [-0.3, -0.25) is 19.3 Å². The van der Waals surface area contributed by atoms with Crippen LogP contribution in [-0.4, -0.2) is 29.0 Å². The van der Waals surface area contributed by atoms with Gasteiger partial charge in [0.05, 0.1) is 0 Å². The van der Waals surface area contributed by atoms with E-state index in [9.17, 15) is 14.4 Å². The second-order valence-corrected chi connectivity index (χ2v) is 5.47. The molecule has 1 saturated heterocycles. The standard InChI is InChI=1S/C12H19NO3/c1-12(2,3)8-9(14)6-7-13-10(15)4-5-11(13)16/h4-8H2,1-3H3. The van der Waals surface area contributed by atoms with Gasteiger partial charge in [-0.15, -0.1) is 0 Å². The molecule has 1 heterocycles. The topological polar surface area (TPSA) is 54.5 Å². The van der Waals surface area contributed by atoms with Crippen LogP contribution in [0.15, 0.2) is 0 Å². The number of carbonyl (C=O) groups is 3. The van der Waals surface area contributed by atoms with E-state index in [0.717, 1.165) is 0 Å². The molecule has 0 N–H and O–H groups in total. The SMILES string of the molecule is CC(C)(C)CC(=O)CCN1C(=O)CCC1=O. The Balaban J connectivity index is 2.37. The van der Waals surface area contributed by atoms with Gasteiger partial charge in [-0.25, -0.2) is 0 Å². The first-order valence-corrected chi connectivity index (χ1v) is 5.64. The molecule has 1 rings (SSSR count). The van der Waals surface area contributed by atoms with Gasteiger partial charge in [0, 0.05) is 32.2 Å². The van der Waals surface area contributed by atoms with Gasteiger partial charge >= 0.3 is 0 Å². The van der Waals surface area contributed by atoms with Crippen LogP contribution in [0.1, 0.15) is 46.5 Å². The monoisotopic (exact) mass is 225 g/mol. The number of likely N-dealkylation sites (tertiary alicyclic amines) is 1. The molecule has 4 heteroatoms. The maximum absolute atomic E-state index is 11.6. The lowest BCUT2D eigenvalue weighted by Gasteiger charge is -2.18. The number of hydrogen-bond donors (Lipinski definition) is 0. The molecule has 0 aromatic rings. The molecule has 0 radical (unpaired) electrons. The van der Waals surface area contributed by atoms with Gasteiger partial charge in [-0.2, -0.15) is 0 Å². The Labute approximate surface area is 96.0 Å². The molecule has 1 aliphatic heterocycles. The van der Waals surface area contributed by atoms with Crippen LogP contribution >= 0.6 is 0 Å². The molecule has 0 atom stereocenters. The first kappa shape index (κ1) is 12.9. The van der Waals surface area contributed by atoms with E-state index in [1.54, 1.807) is 0 Å². The van der Waals surface area contributed by atoms with Crippen molar-refractivity contribution in [3.05, 3.63) is 0 Å². The number of amides is 2. The maximum atomic E-state index is 11.6. The fourth-order valence-electron chi connectivity index (χ4n) is 1.79. The number of imide groups is 1. The Bertz CT molecular complexity index is 299. The van der Waals surface area contributed by atoms with Crippen LogP contribution in [0.25, 0.3) is 0 Å². The summed E-state index contributed by atoms with van der Waals surface area (Å²) in [4.78, 5) is 35.3. The summed E-state index contributed by atoms with van der Waals surface area (Å²) in [5.74, 6) is -0.179. The second kappa shape index (κ2) is 4.76. The highest BCUT2D eigenvalue weighted by atomic mass is 16.2. The van der Waals surface area contributed by atoms with Crippen molar-refractivity contribution < 1.29 is 14.4 Å². The molecular formula is C12H19NO3. The minimum Gasteiger partial charge on any atom is -0.300 e. The molecule has 0 aromatic carbocycles. The minimum atomic E-state index is -0.145. The third kappa shape index (κ3) is 3.76. The fraction of sp³-hybridized carbons (Fsp3) is 0.750. The van der Waals surface area contributed by atoms with Crippen molar-refractivity contribution >= 4 is 17.6 Å². The molecule has 0 aliphatic carbocycles. The number of hydrogen-bond acceptors (Lipinski definition) is 3. The Morgan fingerprint density at radius 1 is 1.19 bits per heavy atom. The summed E-state index contributed by atoms with van der Waals surface area (Å²) in [7, 11) is 0. The molecule has 0 aromatic heterocycles. The summed E-state index contributed by atoms with van der Waals surface area (Å²) in [6.07, 6.45) is 1.37. The van der Waals surface area contributed by atoms with Crippen LogP contribution in [0.5, 0.6) is 0 Å². The second-order valence-electron chi connectivity index (χ2n) is 5.47. The number of rotatable bonds is 4. The number of nitrogens with zero attached hydrogens (tertiary/aromatic N) is 1. The smallest absolute Gasteiger partial charge is 0.229 e. The summed E-state index contributed by atoms with van der Waals surface area (Å²) >= 11 is 0. The third-order valence-corrected chi connectivity index (χ3v) is 2.50. The molecule has 16 heavy (non-hydrogen) atoms. The summed E-state index contributed by atoms with van der Waals surface area (Å²) in [5.41, 5.74) is -0.0316. The van der Waals surface area contributed by atoms with Crippen molar-refractivity contribution in [1.82, 2.24) is 4.90 Å². The summed E-state index contributed by atoms with van der Waals surface area (Å²) in [5, 5.41) is 0. The average molecular weight is 225 g/mol. The zero-order chi connectivity index (χ0) is 12.3. The highest BCUT2D eigenvalue weighted by Gasteiger charge is 2.29. The van der Waals surface area contributed by atoms with Gasteiger partial charge in [-0.1, -0.05) is 20.8 Å². The maximum Gasteiger partial charge on any atom is 0.229 e. The molecule has 4 nitrogen and oxygen atoms in total. The van der Waals surface area contributed by atoms with Gasteiger partial charge in [0.2, 0.25) is 11.8 Å². The van der Waals surface area contributed by atoms with E-state index in [1.165, 1.54) is 4.90 Å². The first-order chi connectivity index (χ1) is 7.29. The van der Waals surface area contributed by atoms with Crippen molar-refractivity contribution in [3.8, 4) is 0 Å². The van der Waals surface area contributed by atoms with Gasteiger partial charge in [0.25, 0.3) is 0 Å². The van der Waals surface area contributed by atoms with E-state index in [2.05, 4.69) is 0 Å². The van der Waals surface area contributed by atoms with Crippen molar-refractivity contribution in [2.75, 3.05) is 6.54 Å². The highest BCUT2D eigenvalue weighted by molar-refractivity contribution is 6.02. The van der Waals surface area contributed by atoms with Crippen LogP contribution in [0.2, 0.25) is 0 Å². The summed E-state index contributed by atoms with van der Waals surface area (Å²) in [6, 6.07) is 0. The highest BCUT2D eigenvalue weighted by Crippen LogP contribution is 2.20. The van der Waals surface area contributed by atoms with E-state index in [-0.39, 0.29) is 36.0 Å². The van der Waals surface area contributed by atoms with E-state index in [4.69, 9.17) is 0 Å². The minimum absolute atomic E-state index is 0.0316. The summed E-state index contributed by atoms with van der Waals surface area (Å²) < 4.78 is 0. The van der Waals surface area contributed by atoms with Crippen molar-refractivity contribution in [2.45, 2.75) is 46.5 Å². The Morgan fingerprint density at radius 2 is 1.69 bits per heavy atom. The molecule has 1 aliphatic rings. The van der Waals surface area contributed by atoms with E-state index in [1.807, 2.05) is 20.8 Å². The van der Waals surface area contributed by atoms with Gasteiger partial charge in [-0.05, 0) is 5.41 Å². The lowest BCUT2D eigenvalue weighted by atomic mass is 9.89. The molecule has 90 valence electrons. The van der Waals surface area contributed by atoms with E-state index < -0.39 is 0 Å². The normalized spacial score (nSPS) is 17.1. The lowest BCUT2D eigenvalue weighted by Crippen LogP contribution is -2.31. The van der Waals surface area contributed by atoms with E-state index in [0.29, 0.717) is 19.3 Å². The molecule has 0 bridgehead atoms. The Hall–Kier alpha value is -1.19. The quantitative estimate of drug-likeness (QED) is 0.682.